The summed E-state index contributed by atoms with van der Waals surface area (Å²) in [5.74, 6) is 0.666. The second kappa shape index (κ2) is 10.9. The number of aromatic nitrogens is 1. The number of furan rings is 1. The molecule has 204 valence electrons. The molecule has 1 aliphatic rings. The highest BCUT2D eigenvalue weighted by molar-refractivity contribution is 7.07. The molecule has 4 aromatic rings. The van der Waals surface area contributed by atoms with Crippen LogP contribution >= 0.6 is 11.3 Å². The Morgan fingerprint density at radius 1 is 1.20 bits per heavy atom. The minimum atomic E-state index is -0.698. The Morgan fingerprint density at radius 2 is 1.95 bits per heavy atom. The molecule has 0 radical (unpaired) electrons. The number of allylic oxidation sites excluding steroid dienone is 1. The molecule has 0 amide bonds. The van der Waals surface area contributed by atoms with Gasteiger partial charge in [-0.2, -0.15) is 0 Å². The third kappa shape index (κ3) is 5.05. The van der Waals surface area contributed by atoms with Crippen molar-refractivity contribution in [2.45, 2.75) is 39.7 Å². The van der Waals surface area contributed by atoms with Gasteiger partial charge in [-0.25, -0.2) is 9.79 Å². The number of nitro benzene ring substituents is 1. The van der Waals surface area contributed by atoms with Crippen molar-refractivity contribution in [3.05, 3.63) is 119 Å². The van der Waals surface area contributed by atoms with Gasteiger partial charge in [-0.1, -0.05) is 61.6 Å². The van der Waals surface area contributed by atoms with Crippen LogP contribution in [-0.2, 0) is 9.53 Å². The van der Waals surface area contributed by atoms with E-state index >= 15 is 0 Å². The molecule has 0 N–H and O–H groups in total. The van der Waals surface area contributed by atoms with Crippen molar-refractivity contribution in [1.29, 1.82) is 0 Å². The first-order valence-electron chi connectivity index (χ1n) is 12.8. The molecule has 0 saturated carbocycles. The Kier molecular flexibility index (Phi) is 7.36. The maximum absolute atomic E-state index is 13.8. The second-order valence-corrected chi connectivity index (χ2v) is 10.6. The number of carbonyl (C=O) groups excluding carboxylic acids is 1. The molecule has 0 fully saturated rings. The van der Waals surface area contributed by atoms with Gasteiger partial charge in [-0.15, -0.1) is 0 Å². The van der Waals surface area contributed by atoms with Gasteiger partial charge in [-0.05, 0) is 43.0 Å². The highest BCUT2D eigenvalue weighted by Crippen LogP contribution is 2.32. The number of fused-ring (bicyclic) bond motifs is 1. The first-order valence-corrected chi connectivity index (χ1v) is 13.6. The van der Waals surface area contributed by atoms with E-state index < -0.39 is 16.9 Å². The molecule has 5 rings (SSSR count). The number of hydrogen-bond acceptors (Lipinski definition) is 8. The largest absolute Gasteiger partial charge is 0.463 e. The first kappa shape index (κ1) is 27.0. The highest BCUT2D eigenvalue weighted by atomic mass is 32.1. The topological polar surface area (TPSA) is 117 Å². The number of ether oxygens (including phenoxy) is 1. The molecule has 0 aliphatic carbocycles. The van der Waals surface area contributed by atoms with Crippen LogP contribution in [0.5, 0.6) is 0 Å². The van der Waals surface area contributed by atoms with Crippen LogP contribution in [0.15, 0.2) is 86.1 Å². The predicted octanol–water partition coefficient (Wildman–Crippen LogP) is 5.09. The van der Waals surface area contributed by atoms with Crippen molar-refractivity contribution in [3.63, 3.8) is 0 Å². The highest BCUT2D eigenvalue weighted by Gasteiger charge is 2.33. The van der Waals surface area contributed by atoms with Crippen LogP contribution < -0.4 is 14.9 Å². The molecule has 2 aromatic heterocycles. The van der Waals surface area contributed by atoms with Crippen LogP contribution in [0.4, 0.5) is 5.69 Å². The van der Waals surface area contributed by atoms with Crippen LogP contribution in [0.2, 0.25) is 0 Å². The van der Waals surface area contributed by atoms with E-state index in [0.29, 0.717) is 43.6 Å². The molecule has 0 bridgehead atoms. The minimum absolute atomic E-state index is 0.0436. The second-order valence-electron chi connectivity index (χ2n) is 9.63. The Bertz CT molecular complexity index is 1830. The van der Waals surface area contributed by atoms with Gasteiger partial charge in [0.25, 0.3) is 11.2 Å². The lowest BCUT2D eigenvalue weighted by Crippen LogP contribution is -2.39. The van der Waals surface area contributed by atoms with Crippen molar-refractivity contribution in [1.82, 2.24) is 4.57 Å². The third-order valence-electron chi connectivity index (χ3n) is 6.68. The standard InChI is InChI=1S/C30H27N3O6S/c1-5-38-29(35)26-18(4)31-30-32(27(26)20-11-9-19(10-12-20)17(2)3)28(34)25(40-30)16-23-13-14-24(39-23)21-7-6-8-22(15-21)33(36)37/h6-17,27H,5H2,1-4H3. The molecule has 3 heterocycles. The number of esters is 1. The zero-order valence-corrected chi connectivity index (χ0v) is 23.2. The van der Waals surface area contributed by atoms with Crippen LogP contribution in [0.1, 0.15) is 56.5 Å². The van der Waals surface area contributed by atoms with Crippen LogP contribution in [0, 0.1) is 10.1 Å². The van der Waals surface area contributed by atoms with Gasteiger partial charge in [0.05, 0.1) is 33.4 Å². The van der Waals surface area contributed by atoms with Crippen molar-refractivity contribution in [2.75, 3.05) is 6.61 Å². The number of non-ortho nitro benzene ring substituents is 1. The number of nitrogens with zero attached hydrogens (tertiary/aromatic N) is 3. The van der Waals surface area contributed by atoms with E-state index in [1.165, 1.54) is 28.0 Å². The van der Waals surface area contributed by atoms with E-state index in [9.17, 15) is 19.7 Å². The van der Waals surface area contributed by atoms with Gasteiger partial charge >= 0.3 is 5.97 Å². The summed E-state index contributed by atoms with van der Waals surface area (Å²) in [6, 6.07) is 16.7. The fourth-order valence-electron chi connectivity index (χ4n) is 4.66. The molecule has 1 unspecified atom stereocenters. The van der Waals surface area contributed by atoms with Gasteiger partial charge in [-0.3, -0.25) is 19.5 Å². The summed E-state index contributed by atoms with van der Waals surface area (Å²) in [7, 11) is 0. The van der Waals surface area contributed by atoms with Crippen molar-refractivity contribution in [3.8, 4) is 11.3 Å². The van der Waals surface area contributed by atoms with Gasteiger partial charge in [0.2, 0.25) is 0 Å². The Balaban J connectivity index is 1.61. The van der Waals surface area contributed by atoms with Crippen molar-refractivity contribution < 1.29 is 18.9 Å². The molecular weight excluding hydrogens is 530 g/mol. The summed E-state index contributed by atoms with van der Waals surface area (Å²) in [5, 5.41) is 11.2. The number of hydrogen-bond donors (Lipinski definition) is 0. The molecule has 40 heavy (non-hydrogen) atoms. The van der Waals surface area contributed by atoms with E-state index in [4.69, 9.17) is 9.15 Å². The Morgan fingerprint density at radius 3 is 2.62 bits per heavy atom. The lowest BCUT2D eigenvalue weighted by molar-refractivity contribution is -0.384. The molecule has 10 heteroatoms. The number of carbonyl (C=O) groups is 1. The SMILES string of the molecule is CCOC(=O)C1=C(C)N=c2sc(=Cc3ccc(-c4cccc([N+](=O)[O-])c4)o3)c(=O)n2C1c1ccc(C(C)C)cc1. The molecule has 9 nitrogen and oxygen atoms in total. The van der Waals surface area contributed by atoms with E-state index in [1.54, 1.807) is 44.2 Å². The smallest absolute Gasteiger partial charge is 0.338 e. The number of nitro groups is 1. The van der Waals surface area contributed by atoms with Crippen molar-refractivity contribution in [2.24, 2.45) is 4.99 Å². The van der Waals surface area contributed by atoms with Crippen LogP contribution in [0.25, 0.3) is 17.4 Å². The summed E-state index contributed by atoms with van der Waals surface area (Å²) in [6.45, 7) is 7.89. The van der Waals surface area contributed by atoms with Gasteiger partial charge in [0.1, 0.15) is 11.5 Å². The average molecular weight is 558 g/mol. The quantitative estimate of drug-likeness (QED) is 0.178. The average Bonchev–Trinajstić information content (AvgIpc) is 3.52. The monoisotopic (exact) mass is 557 g/mol. The normalized spacial score (nSPS) is 15.2. The molecule has 2 aromatic carbocycles. The Hall–Kier alpha value is -4.57. The van der Waals surface area contributed by atoms with E-state index in [0.717, 1.165) is 11.1 Å². The van der Waals surface area contributed by atoms with Crippen LogP contribution in [0.3, 0.4) is 0 Å². The summed E-state index contributed by atoms with van der Waals surface area (Å²) in [5.41, 5.74) is 2.93. The number of rotatable bonds is 7. The lowest BCUT2D eigenvalue weighted by Gasteiger charge is -2.25. The fourth-order valence-corrected chi connectivity index (χ4v) is 5.68. The summed E-state index contributed by atoms with van der Waals surface area (Å²) in [6.07, 6.45) is 1.62. The molecule has 0 saturated heterocycles. The zero-order chi connectivity index (χ0) is 28.6. The molecule has 1 atom stereocenters. The fraction of sp³-hybridized carbons (Fsp3) is 0.233. The summed E-state index contributed by atoms with van der Waals surface area (Å²) >= 11 is 1.20. The van der Waals surface area contributed by atoms with Gasteiger partial charge in [0.15, 0.2) is 4.80 Å². The number of benzene rings is 2. The van der Waals surface area contributed by atoms with Crippen LogP contribution in [-0.4, -0.2) is 22.1 Å². The van der Waals surface area contributed by atoms with Gasteiger partial charge < -0.3 is 9.15 Å². The van der Waals surface area contributed by atoms with Gasteiger partial charge in [0, 0.05) is 23.8 Å². The maximum Gasteiger partial charge on any atom is 0.338 e. The lowest BCUT2D eigenvalue weighted by atomic mass is 9.93. The number of thiazole rings is 1. The predicted molar refractivity (Wildman–Crippen MR) is 152 cm³/mol. The Labute approximate surface area is 233 Å². The minimum Gasteiger partial charge on any atom is -0.463 e. The molecule has 0 spiro atoms. The van der Waals surface area contributed by atoms with E-state index in [1.807, 2.05) is 24.3 Å². The third-order valence-corrected chi connectivity index (χ3v) is 7.66. The molecular formula is C30H27N3O6S. The summed E-state index contributed by atoms with van der Waals surface area (Å²) in [4.78, 5) is 42.6. The molecule has 1 aliphatic heterocycles. The van der Waals surface area contributed by atoms with E-state index in [-0.39, 0.29) is 17.9 Å². The zero-order valence-electron chi connectivity index (χ0n) is 22.4. The summed E-state index contributed by atoms with van der Waals surface area (Å²) < 4.78 is 13.2. The van der Waals surface area contributed by atoms with Crippen molar-refractivity contribution >= 4 is 29.1 Å². The van der Waals surface area contributed by atoms with E-state index in [2.05, 4.69) is 18.8 Å². The maximum atomic E-state index is 13.8. The first-order chi connectivity index (χ1) is 19.2.